The SMILES string of the molecule is CC#CCCC(NCC)c1ccc(C)c(F)c1. The highest BCUT2D eigenvalue weighted by Crippen LogP contribution is 2.20. The lowest BCUT2D eigenvalue weighted by Gasteiger charge is -2.17. The Balaban J connectivity index is 2.79. The van der Waals surface area contributed by atoms with Gasteiger partial charge in [-0.25, -0.2) is 4.39 Å². The molecule has 0 aromatic heterocycles. The van der Waals surface area contributed by atoms with Gasteiger partial charge in [-0.1, -0.05) is 19.1 Å². The Morgan fingerprint density at radius 1 is 1.41 bits per heavy atom. The quantitative estimate of drug-likeness (QED) is 0.766. The molecule has 0 spiro atoms. The van der Waals surface area contributed by atoms with Gasteiger partial charge in [-0.3, -0.25) is 0 Å². The van der Waals surface area contributed by atoms with Crippen LogP contribution in [0.2, 0.25) is 0 Å². The zero-order valence-electron chi connectivity index (χ0n) is 10.8. The first kappa shape index (κ1) is 13.7. The predicted molar refractivity (Wildman–Crippen MR) is 70.2 cm³/mol. The van der Waals surface area contributed by atoms with Gasteiger partial charge in [-0.05, 0) is 44.0 Å². The Morgan fingerprint density at radius 3 is 2.76 bits per heavy atom. The molecular formula is C15H20FN. The van der Waals surface area contributed by atoms with Gasteiger partial charge in [0.25, 0.3) is 0 Å². The average Bonchev–Trinajstić information content (AvgIpc) is 2.32. The Morgan fingerprint density at radius 2 is 2.18 bits per heavy atom. The van der Waals surface area contributed by atoms with Crippen molar-refractivity contribution >= 4 is 0 Å². The number of hydrogen-bond acceptors (Lipinski definition) is 1. The number of rotatable bonds is 5. The number of halogens is 1. The third-order valence-corrected chi connectivity index (χ3v) is 2.78. The van der Waals surface area contributed by atoms with Crippen LogP contribution in [0.5, 0.6) is 0 Å². The molecule has 0 heterocycles. The fourth-order valence-electron chi connectivity index (χ4n) is 1.80. The summed E-state index contributed by atoms with van der Waals surface area (Å²) in [5.74, 6) is 5.80. The van der Waals surface area contributed by atoms with E-state index in [1.165, 1.54) is 0 Å². The molecule has 17 heavy (non-hydrogen) atoms. The van der Waals surface area contributed by atoms with Crippen molar-refractivity contribution in [2.75, 3.05) is 6.54 Å². The van der Waals surface area contributed by atoms with E-state index in [-0.39, 0.29) is 11.9 Å². The first-order valence-corrected chi connectivity index (χ1v) is 6.08. The first-order valence-electron chi connectivity index (χ1n) is 6.08. The van der Waals surface area contributed by atoms with Crippen molar-refractivity contribution in [2.24, 2.45) is 0 Å². The van der Waals surface area contributed by atoms with Gasteiger partial charge in [-0.2, -0.15) is 0 Å². The molecule has 0 saturated heterocycles. The Labute approximate surface area is 103 Å². The van der Waals surface area contributed by atoms with E-state index in [2.05, 4.69) is 24.1 Å². The van der Waals surface area contributed by atoms with E-state index in [9.17, 15) is 4.39 Å². The number of benzene rings is 1. The topological polar surface area (TPSA) is 12.0 Å². The Kier molecular flexibility index (Phi) is 5.72. The normalized spacial score (nSPS) is 11.8. The molecule has 2 heteroatoms. The minimum absolute atomic E-state index is 0.132. The van der Waals surface area contributed by atoms with Gasteiger partial charge in [0.15, 0.2) is 0 Å². The van der Waals surface area contributed by atoms with Crippen LogP contribution < -0.4 is 5.32 Å². The molecule has 92 valence electrons. The summed E-state index contributed by atoms with van der Waals surface area (Å²) in [6.07, 6.45) is 1.75. The maximum atomic E-state index is 13.5. The van der Waals surface area contributed by atoms with Gasteiger partial charge >= 0.3 is 0 Å². The summed E-state index contributed by atoms with van der Waals surface area (Å²) in [7, 11) is 0. The lowest BCUT2D eigenvalue weighted by atomic mass is 10.0. The molecule has 1 nitrogen and oxygen atoms in total. The van der Waals surface area contributed by atoms with Gasteiger partial charge in [0.2, 0.25) is 0 Å². The molecule has 1 N–H and O–H groups in total. The highest BCUT2D eigenvalue weighted by atomic mass is 19.1. The second kappa shape index (κ2) is 7.09. The second-order valence-corrected chi connectivity index (χ2v) is 4.08. The third kappa shape index (κ3) is 4.20. The van der Waals surface area contributed by atoms with Crippen LogP contribution in [-0.2, 0) is 0 Å². The van der Waals surface area contributed by atoms with Crippen LogP contribution in [0.4, 0.5) is 4.39 Å². The lowest BCUT2D eigenvalue weighted by Crippen LogP contribution is -2.20. The van der Waals surface area contributed by atoms with Crippen molar-refractivity contribution in [1.82, 2.24) is 5.32 Å². The van der Waals surface area contributed by atoms with Crippen molar-refractivity contribution < 1.29 is 4.39 Å². The molecule has 1 aromatic carbocycles. The summed E-state index contributed by atoms with van der Waals surface area (Å²) in [6, 6.07) is 5.64. The monoisotopic (exact) mass is 233 g/mol. The van der Waals surface area contributed by atoms with E-state index in [0.29, 0.717) is 5.56 Å². The summed E-state index contributed by atoms with van der Waals surface area (Å²) < 4.78 is 13.5. The zero-order chi connectivity index (χ0) is 12.7. The fourth-order valence-corrected chi connectivity index (χ4v) is 1.80. The lowest BCUT2D eigenvalue weighted by molar-refractivity contribution is 0.517. The molecule has 0 bridgehead atoms. The molecule has 1 unspecified atom stereocenters. The highest BCUT2D eigenvalue weighted by molar-refractivity contribution is 5.26. The van der Waals surface area contributed by atoms with Crippen LogP contribution in [-0.4, -0.2) is 6.54 Å². The maximum Gasteiger partial charge on any atom is 0.126 e. The molecule has 0 aliphatic heterocycles. The molecule has 1 aromatic rings. The minimum atomic E-state index is -0.132. The molecule has 1 rings (SSSR count). The van der Waals surface area contributed by atoms with Crippen molar-refractivity contribution in [3.8, 4) is 11.8 Å². The average molecular weight is 233 g/mol. The van der Waals surface area contributed by atoms with Gasteiger partial charge in [0.05, 0.1) is 0 Å². The third-order valence-electron chi connectivity index (χ3n) is 2.78. The number of nitrogens with one attached hydrogen (secondary N) is 1. The molecule has 1 atom stereocenters. The standard InChI is InChI=1S/C15H20FN/c1-4-6-7-8-15(17-5-2)13-10-9-12(3)14(16)11-13/h9-11,15,17H,5,7-8H2,1-3H3. The van der Waals surface area contributed by atoms with Gasteiger partial charge < -0.3 is 5.32 Å². The van der Waals surface area contributed by atoms with Gasteiger partial charge in [-0.15, -0.1) is 11.8 Å². The fraction of sp³-hybridized carbons (Fsp3) is 0.467. The molecule has 0 aliphatic carbocycles. The van der Waals surface area contributed by atoms with E-state index in [0.717, 1.165) is 24.9 Å². The first-order chi connectivity index (χ1) is 8.19. The van der Waals surface area contributed by atoms with E-state index < -0.39 is 0 Å². The molecule has 0 aliphatic rings. The molecule has 0 saturated carbocycles. The largest absolute Gasteiger partial charge is 0.310 e. The van der Waals surface area contributed by atoms with Crippen LogP contribution in [0, 0.1) is 24.6 Å². The second-order valence-electron chi connectivity index (χ2n) is 4.08. The van der Waals surface area contributed by atoms with Crippen LogP contribution in [0.3, 0.4) is 0 Å². The summed E-state index contributed by atoms with van der Waals surface area (Å²) >= 11 is 0. The van der Waals surface area contributed by atoms with Crippen molar-refractivity contribution in [2.45, 2.75) is 39.7 Å². The van der Waals surface area contributed by atoms with Crippen LogP contribution in [0.15, 0.2) is 18.2 Å². The molecule has 0 amide bonds. The number of hydrogen-bond donors (Lipinski definition) is 1. The van der Waals surface area contributed by atoms with Crippen molar-refractivity contribution in [3.05, 3.63) is 35.1 Å². The minimum Gasteiger partial charge on any atom is -0.310 e. The number of aryl methyl sites for hydroxylation is 1. The van der Waals surface area contributed by atoms with Crippen molar-refractivity contribution in [3.63, 3.8) is 0 Å². The Hall–Kier alpha value is -1.33. The molecule has 0 radical (unpaired) electrons. The van der Waals surface area contributed by atoms with Crippen molar-refractivity contribution in [1.29, 1.82) is 0 Å². The van der Waals surface area contributed by atoms with Crippen LogP contribution in [0.25, 0.3) is 0 Å². The predicted octanol–water partition coefficient (Wildman–Crippen LogP) is 3.59. The molecule has 0 fully saturated rings. The highest BCUT2D eigenvalue weighted by Gasteiger charge is 2.10. The van der Waals surface area contributed by atoms with Crippen LogP contribution >= 0.6 is 0 Å². The van der Waals surface area contributed by atoms with E-state index >= 15 is 0 Å². The van der Waals surface area contributed by atoms with E-state index in [1.807, 2.05) is 19.1 Å². The summed E-state index contributed by atoms with van der Waals surface area (Å²) in [5.41, 5.74) is 1.70. The summed E-state index contributed by atoms with van der Waals surface area (Å²) in [5, 5.41) is 3.37. The van der Waals surface area contributed by atoms with E-state index in [4.69, 9.17) is 0 Å². The Bertz CT molecular complexity index is 415. The zero-order valence-corrected chi connectivity index (χ0v) is 10.8. The smallest absolute Gasteiger partial charge is 0.126 e. The van der Waals surface area contributed by atoms with Gasteiger partial charge in [0, 0.05) is 12.5 Å². The van der Waals surface area contributed by atoms with Gasteiger partial charge in [0.1, 0.15) is 5.82 Å². The van der Waals surface area contributed by atoms with E-state index in [1.54, 1.807) is 13.0 Å². The maximum absolute atomic E-state index is 13.5. The van der Waals surface area contributed by atoms with Crippen LogP contribution in [0.1, 0.15) is 43.9 Å². The molecular weight excluding hydrogens is 213 g/mol. The summed E-state index contributed by atoms with van der Waals surface area (Å²) in [6.45, 7) is 6.56. The summed E-state index contributed by atoms with van der Waals surface area (Å²) in [4.78, 5) is 0.